The number of nitrogens with one attached hydrogen (secondary N) is 1. The minimum atomic E-state index is -0.349. The highest BCUT2D eigenvalue weighted by atomic mass is 16.2. The van der Waals surface area contributed by atoms with Crippen LogP contribution < -0.4 is 5.73 Å². The number of hydrogen-bond acceptors (Lipinski definition) is 2. The highest BCUT2D eigenvalue weighted by Gasteiger charge is 2.28. The molecule has 1 fully saturated rings. The molecule has 1 saturated heterocycles. The number of primary amides is 1. The van der Waals surface area contributed by atoms with Crippen molar-refractivity contribution in [2.45, 2.75) is 25.3 Å². The highest BCUT2D eigenvalue weighted by Crippen LogP contribution is 2.33. The Morgan fingerprint density at radius 1 is 1.39 bits per heavy atom. The van der Waals surface area contributed by atoms with Crippen molar-refractivity contribution in [2.24, 2.45) is 5.73 Å². The van der Waals surface area contributed by atoms with E-state index in [1.807, 2.05) is 24.3 Å². The summed E-state index contributed by atoms with van der Waals surface area (Å²) in [5, 5.41) is 8.43. The molecule has 5 heteroatoms. The van der Waals surface area contributed by atoms with Crippen LogP contribution in [0.25, 0.3) is 10.9 Å². The SMILES string of the molecule is NC(=O)N1CCCCC1c1[nH]nc2ccccc12. The van der Waals surface area contributed by atoms with Gasteiger partial charge in [0.15, 0.2) is 0 Å². The summed E-state index contributed by atoms with van der Waals surface area (Å²) in [6, 6.07) is 7.62. The van der Waals surface area contributed by atoms with Crippen LogP contribution in [0.15, 0.2) is 24.3 Å². The van der Waals surface area contributed by atoms with Gasteiger partial charge in [0.1, 0.15) is 0 Å². The van der Waals surface area contributed by atoms with E-state index >= 15 is 0 Å². The molecule has 2 aromatic rings. The number of piperidine rings is 1. The second-order valence-corrected chi connectivity index (χ2v) is 4.70. The number of fused-ring (bicyclic) bond motifs is 1. The fraction of sp³-hybridized carbons (Fsp3) is 0.385. The van der Waals surface area contributed by atoms with Crippen LogP contribution in [0.1, 0.15) is 31.0 Å². The first kappa shape index (κ1) is 11.1. The zero-order valence-electron chi connectivity index (χ0n) is 10.1. The number of nitrogens with zero attached hydrogens (tertiary/aromatic N) is 2. The predicted molar refractivity (Wildman–Crippen MR) is 69.0 cm³/mol. The Bertz CT molecular complexity index is 577. The van der Waals surface area contributed by atoms with Gasteiger partial charge in [-0.25, -0.2) is 4.79 Å². The minimum Gasteiger partial charge on any atom is -0.351 e. The molecule has 1 aromatic carbocycles. The largest absolute Gasteiger partial charge is 0.351 e. The molecular weight excluding hydrogens is 228 g/mol. The Labute approximate surface area is 105 Å². The molecule has 18 heavy (non-hydrogen) atoms. The van der Waals surface area contributed by atoms with E-state index < -0.39 is 0 Å². The Morgan fingerprint density at radius 3 is 3.06 bits per heavy atom. The molecule has 0 radical (unpaired) electrons. The number of para-hydroxylation sites is 1. The van der Waals surface area contributed by atoms with Gasteiger partial charge in [0, 0.05) is 11.9 Å². The van der Waals surface area contributed by atoms with E-state index in [4.69, 9.17) is 5.73 Å². The van der Waals surface area contributed by atoms with Crippen LogP contribution in [0.2, 0.25) is 0 Å². The molecular formula is C13H16N4O. The monoisotopic (exact) mass is 244 g/mol. The summed E-state index contributed by atoms with van der Waals surface area (Å²) >= 11 is 0. The van der Waals surface area contributed by atoms with Crippen LogP contribution in [0.3, 0.4) is 0 Å². The molecule has 0 aliphatic carbocycles. The third-order valence-electron chi connectivity index (χ3n) is 3.61. The van der Waals surface area contributed by atoms with Crippen molar-refractivity contribution in [1.29, 1.82) is 0 Å². The maximum atomic E-state index is 11.5. The van der Waals surface area contributed by atoms with Crippen molar-refractivity contribution < 1.29 is 4.79 Å². The Morgan fingerprint density at radius 2 is 2.22 bits per heavy atom. The van der Waals surface area contributed by atoms with Gasteiger partial charge in [0.25, 0.3) is 0 Å². The number of amides is 2. The number of nitrogens with two attached hydrogens (primary N) is 1. The topological polar surface area (TPSA) is 75.0 Å². The van der Waals surface area contributed by atoms with Crippen molar-refractivity contribution in [2.75, 3.05) is 6.54 Å². The van der Waals surface area contributed by atoms with Crippen molar-refractivity contribution >= 4 is 16.9 Å². The number of H-pyrrole nitrogens is 1. The number of rotatable bonds is 1. The number of aromatic amines is 1. The quantitative estimate of drug-likeness (QED) is 0.806. The van der Waals surface area contributed by atoms with E-state index in [0.717, 1.165) is 42.4 Å². The first-order chi connectivity index (χ1) is 8.77. The molecule has 2 amide bonds. The van der Waals surface area contributed by atoms with Gasteiger partial charge >= 0.3 is 6.03 Å². The third-order valence-corrected chi connectivity index (χ3v) is 3.61. The van der Waals surface area contributed by atoms with Crippen LogP contribution in [0.4, 0.5) is 4.79 Å². The van der Waals surface area contributed by atoms with Crippen molar-refractivity contribution in [1.82, 2.24) is 15.1 Å². The summed E-state index contributed by atoms with van der Waals surface area (Å²) in [5.74, 6) is 0. The smallest absolute Gasteiger partial charge is 0.315 e. The van der Waals surface area contributed by atoms with Crippen LogP contribution in [-0.4, -0.2) is 27.7 Å². The number of carbonyl (C=O) groups is 1. The Kier molecular flexibility index (Phi) is 2.66. The van der Waals surface area contributed by atoms with Crippen LogP contribution in [0.5, 0.6) is 0 Å². The predicted octanol–water partition coefficient (Wildman–Crippen LogP) is 2.17. The summed E-state index contributed by atoms with van der Waals surface area (Å²) in [5.41, 5.74) is 7.40. The summed E-state index contributed by atoms with van der Waals surface area (Å²) in [4.78, 5) is 13.2. The highest BCUT2D eigenvalue weighted by molar-refractivity contribution is 5.82. The Balaban J connectivity index is 2.04. The van der Waals surface area contributed by atoms with E-state index in [-0.39, 0.29) is 12.1 Å². The first-order valence-corrected chi connectivity index (χ1v) is 6.26. The van der Waals surface area contributed by atoms with E-state index in [1.165, 1.54) is 0 Å². The normalized spacial score (nSPS) is 20.2. The molecule has 1 atom stereocenters. The average Bonchev–Trinajstić information content (AvgIpc) is 2.82. The lowest BCUT2D eigenvalue weighted by Crippen LogP contribution is -2.41. The van der Waals surface area contributed by atoms with Gasteiger partial charge in [-0.15, -0.1) is 0 Å². The zero-order chi connectivity index (χ0) is 12.5. The molecule has 0 saturated carbocycles. The summed E-state index contributed by atoms with van der Waals surface area (Å²) in [6.45, 7) is 0.730. The molecule has 5 nitrogen and oxygen atoms in total. The summed E-state index contributed by atoms with van der Waals surface area (Å²) in [7, 11) is 0. The number of carbonyl (C=O) groups excluding carboxylic acids is 1. The van der Waals surface area contributed by atoms with Crippen LogP contribution in [0, 0.1) is 0 Å². The summed E-state index contributed by atoms with van der Waals surface area (Å²) in [6.07, 6.45) is 3.07. The number of likely N-dealkylation sites (tertiary alicyclic amines) is 1. The van der Waals surface area contributed by atoms with Crippen molar-refractivity contribution in [3.05, 3.63) is 30.0 Å². The van der Waals surface area contributed by atoms with Gasteiger partial charge in [-0.1, -0.05) is 18.2 Å². The van der Waals surface area contributed by atoms with Gasteiger partial charge in [-0.2, -0.15) is 5.10 Å². The third kappa shape index (κ3) is 1.72. The van der Waals surface area contributed by atoms with Gasteiger partial charge < -0.3 is 10.6 Å². The van der Waals surface area contributed by atoms with E-state index in [2.05, 4.69) is 10.2 Å². The van der Waals surface area contributed by atoms with Crippen LogP contribution in [-0.2, 0) is 0 Å². The van der Waals surface area contributed by atoms with Gasteiger partial charge in [-0.3, -0.25) is 5.10 Å². The maximum absolute atomic E-state index is 11.5. The van der Waals surface area contributed by atoms with E-state index in [1.54, 1.807) is 4.90 Å². The lowest BCUT2D eigenvalue weighted by molar-refractivity contribution is 0.158. The number of hydrogen-bond donors (Lipinski definition) is 2. The molecule has 1 unspecified atom stereocenters. The molecule has 0 spiro atoms. The zero-order valence-corrected chi connectivity index (χ0v) is 10.1. The maximum Gasteiger partial charge on any atom is 0.315 e. The van der Waals surface area contributed by atoms with Crippen molar-refractivity contribution in [3.63, 3.8) is 0 Å². The fourth-order valence-corrected chi connectivity index (χ4v) is 2.73. The fourth-order valence-electron chi connectivity index (χ4n) is 2.73. The second kappa shape index (κ2) is 4.33. The molecule has 2 heterocycles. The number of aromatic nitrogens is 2. The number of urea groups is 1. The van der Waals surface area contributed by atoms with E-state index in [9.17, 15) is 4.79 Å². The lowest BCUT2D eigenvalue weighted by Gasteiger charge is -2.33. The average molecular weight is 244 g/mol. The molecule has 94 valence electrons. The molecule has 3 rings (SSSR count). The summed E-state index contributed by atoms with van der Waals surface area (Å²) < 4.78 is 0. The van der Waals surface area contributed by atoms with Gasteiger partial charge in [0.2, 0.25) is 0 Å². The molecule has 1 aromatic heterocycles. The van der Waals surface area contributed by atoms with Crippen LogP contribution >= 0.6 is 0 Å². The molecule has 3 N–H and O–H groups in total. The Hall–Kier alpha value is -2.04. The van der Waals surface area contributed by atoms with Gasteiger partial charge in [-0.05, 0) is 25.3 Å². The van der Waals surface area contributed by atoms with E-state index in [0.29, 0.717) is 0 Å². The number of benzene rings is 1. The lowest BCUT2D eigenvalue weighted by atomic mass is 9.97. The molecule has 1 aliphatic heterocycles. The molecule has 1 aliphatic rings. The second-order valence-electron chi connectivity index (χ2n) is 4.70. The standard InChI is InChI=1S/C13H16N4O/c14-13(18)17-8-4-3-7-11(17)12-9-5-1-2-6-10(9)15-16-12/h1-2,5-6,11H,3-4,7-8H2,(H2,14,18)(H,15,16). The van der Waals surface area contributed by atoms with Crippen molar-refractivity contribution in [3.8, 4) is 0 Å². The van der Waals surface area contributed by atoms with Gasteiger partial charge in [0.05, 0.1) is 17.3 Å². The first-order valence-electron chi connectivity index (χ1n) is 6.26. The molecule has 0 bridgehead atoms. The minimum absolute atomic E-state index is 0.0312.